The van der Waals surface area contributed by atoms with Crippen LogP contribution in [0.1, 0.15) is 11.1 Å². The summed E-state index contributed by atoms with van der Waals surface area (Å²) in [5, 5.41) is 19.1. The second-order valence-corrected chi connectivity index (χ2v) is 3.11. The van der Waals surface area contributed by atoms with Crippen molar-refractivity contribution in [1.29, 1.82) is 0 Å². The number of hydrogen-bond donors (Lipinski definition) is 1. The Morgan fingerprint density at radius 2 is 2.06 bits per heavy atom. The minimum atomic E-state index is -4.62. The average molecular weight is 247 g/mol. The molecule has 0 fully saturated rings. The standard InChI is InChI=1S/C10H8F3NO3/c11-10(12,13)8-4-3-7(2-1-5-15)9(6-8)14(16)17/h1-4,6,15H,5H2/b2-1+. The molecule has 7 heteroatoms. The van der Waals surface area contributed by atoms with Gasteiger partial charge in [-0.15, -0.1) is 0 Å². The van der Waals surface area contributed by atoms with Gasteiger partial charge >= 0.3 is 6.18 Å². The molecule has 4 nitrogen and oxygen atoms in total. The lowest BCUT2D eigenvalue weighted by molar-refractivity contribution is -0.385. The minimum absolute atomic E-state index is 0.0112. The molecule has 0 saturated carbocycles. The number of nitrogens with zero attached hydrogens (tertiary/aromatic N) is 1. The number of aliphatic hydroxyl groups is 1. The van der Waals surface area contributed by atoms with Crippen molar-refractivity contribution in [1.82, 2.24) is 0 Å². The highest BCUT2D eigenvalue weighted by atomic mass is 19.4. The van der Waals surface area contributed by atoms with E-state index in [-0.39, 0.29) is 12.2 Å². The van der Waals surface area contributed by atoms with Crippen LogP contribution in [0.2, 0.25) is 0 Å². The molecule has 0 amide bonds. The maximum Gasteiger partial charge on any atom is 0.416 e. The second kappa shape index (κ2) is 4.96. The molecule has 0 atom stereocenters. The van der Waals surface area contributed by atoms with E-state index in [1.807, 2.05) is 0 Å². The van der Waals surface area contributed by atoms with Crippen LogP contribution in [0.5, 0.6) is 0 Å². The van der Waals surface area contributed by atoms with Gasteiger partial charge in [-0.25, -0.2) is 0 Å². The number of nitro groups is 1. The summed E-state index contributed by atoms with van der Waals surface area (Å²) in [6.45, 7) is -0.349. The molecule has 1 aromatic rings. The van der Waals surface area contributed by atoms with Gasteiger partial charge in [-0.05, 0) is 18.2 Å². The van der Waals surface area contributed by atoms with Gasteiger partial charge in [-0.1, -0.05) is 6.08 Å². The summed E-state index contributed by atoms with van der Waals surface area (Å²) in [5.74, 6) is 0. The van der Waals surface area contributed by atoms with Crippen LogP contribution in [-0.2, 0) is 6.18 Å². The van der Waals surface area contributed by atoms with E-state index in [1.165, 1.54) is 12.2 Å². The molecule has 17 heavy (non-hydrogen) atoms. The number of nitro benzene ring substituents is 1. The predicted octanol–water partition coefficient (Wildman–Crippen LogP) is 2.62. The molecule has 0 aliphatic carbocycles. The summed E-state index contributed by atoms with van der Waals surface area (Å²) in [6, 6.07) is 2.22. The molecule has 1 rings (SSSR count). The van der Waals surface area contributed by atoms with Crippen molar-refractivity contribution in [2.75, 3.05) is 6.61 Å². The average Bonchev–Trinajstić information content (AvgIpc) is 2.24. The van der Waals surface area contributed by atoms with Gasteiger partial charge in [0.1, 0.15) is 0 Å². The van der Waals surface area contributed by atoms with E-state index in [0.717, 1.165) is 12.1 Å². The van der Waals surface area contributed by atoms with Gasteiger partial charge in [0.05, 0.1) is 22.7 Å². The fraction of sp³-hybridized carbons (Fsp3) is 0.200. The number of rotatable bonds is 3. The van der Waals surface area contributed by atoms with Crippen molar-refractivity contribution in [2.45, 2.75) is 6.18 Å². The van der Waals surface area contributed by atoms with Gasteiger partial charge < -0.3 is 5.11 Å². The Hall–Kier alpha value is -1.89. The molecule has 0 heterocycles. The Morgan fingerprint density at radius 3 is 2.53 bits per heavy atom. The smallest absolute Gasteiger partial charge is 0.392 e. The summed E-state index contributed by atoms with van der Waals surface area (Å²) in [5.41, 5.74) is -1.72. The quantitative estimate of drug-likeness (QED) is 0.659. The Kier molecular flexibility index (Phi) is 3.84. The van der Waals surface area contributed by atoms with E-state index in [1.54, 1.807) is 0 Å². The van der Waals surface area contributed by atoms with Gasteiger partial charge in [-0.3, -0.25) is 10.1 Å². The zero-order valence-electron chi connectivity index (χ0n) is 8.44. The van der Waals surface area contributed by atoms with Gasteiger partial charge in [0.15, 0.2) is 0 Å². The van der Waals surface area contributed by atoms with Crippen LogP contribution in [0.25, 0.3) is 6.08 Å². The second-order valence-electron chi connectivity index (χ2n) is 3.11. The normalized spacial score (nSPS) is 12.0. The van der Waals surface area contributed by atoms with Gasteiger partial charge in [0, 0.05) is 6.07 Å². The summed E-state index contributed by atoms with van der Waals surface area (Å²) >= 11 is 0. The monoisotopic (exact) mass is 247 g/mol. The first-order chi connectivity index (χ1) is 7.86. The van der Waals surface area contributed by atoms with Crippen LogP contribution in [0, 0.1) is 10.1 Å². The largest absolute Gasteiger partial charge is 0.416 e. The molecule has 92 valence electrons. The Labute approximate surface area is 94.1 Å². The first kappa shape index (κ1) is 13.2. The number of hydrogen-bond acceptors (Lipinski definition) is 3. The highest BCUT2D eigenvalue weighted by Gasteiger charge is 2.32. The first-order valence-corrected chi connectivity index (χ1v) is 4.49. The van der Waals surface area contributed by atoms with E-state index in [2.05, 4.69) is 0 Å². The predicted molar refractivity (Wildman–Crippen MR) is 54.2 cm³/mol. The molecule has 0 aliphatic rings. The molecule has 0 unspecified atom stereocenters. The third-order valence-electron chi connectivity index (χ3n) is 1.96. The molecule has 1 aromatic carbocycles. The van der Waals surface area contributed by atoms with Crippen molar-refractivity contribution in [3.8, 4) is 0 Å². The van der Waals surface area contributed by atoms with E-state index >= 15 is 0 Å². The van der Waals surface area contributed by atoms with Gasteiger partial charge in [0.25, 0.3) is 5.69 Å². The number of alkyl halides is 3. The maximum absolute atomic E-state index is 12.3. The summed E-state index contributed by atoms with van der Waals surface area (Å²) in [7, 11) is 0. The van der Waals surface area contributed by atoms with Crippen LogP contribution in [0.15, 0.2) is 24.3 Å². The zero-order valence-corrected chi connectivity index (χ0v) is 8.44. The molecule has 0 aliphatic heterocycles. The third-order valence-corrected chi connectivity index (χ3v) is 1.96. The first-order valence-electron chi connectivity index (χ1n) is 4.49. The summed E-state index contributed by atoms with van der Waals surface area (Å²) in [4.78, 5) is 9.71. The summed E-state index contributed by atoms with van der Waals surface area (Å²) in [6.07, 6.45) is -2.22. The van der Waals surface area contributed by atoms with Crippen LogP contribution in [0.3, 0.4) is 0 Å². The van der Waals surface area contributed by atoms with Crippen LogP contribution in [-0.4, -0.2) is 16.6 Å². The third kappa shape index (κ3) is 3.28. The highest BCUT2D eigenvalue weighted by Crippen LogP contribution is 2.33. The topological polar surface area (TPSA) is 63.4 Å². The van der Waals surface area contributed by atoms with Crippen molar-refractivity contribution in [3.05, 3.63) is 45.5 Å². The van der Waals surface area contributed by atoms with E-state index in [4.69, 9.17) is 5.11 Å². The Morgan fingerprint density at radius 1 is 1.41 bits per heavy atom. The Balaban J connectivity index is 3.27. The van der Waals surface area contributed by atoms with Crippen LogP contribution in [0.4, 0.5) is 18.9 Å². The van der Waals surface area contributed by atoms with Gasteiger partial charge in [0.2, 0.25) is 0 Å². The molecule has 0 saturated heterocycles. The maximum atomic E-state index is 12.3. The molecule has 0 radical (unpaired) electrons. The SMILES string of the molecule is O=[N+]([O-])c1cc(C(F)(F)F)ccc1/C=C/CO. The van der Waals surface area contributed by atoms with Crippen molar-refractivity contribution < 1.29 is 23.2 Å². The minimum Gasteiger partial charge on any atom is -0.392 e. The molecule has 0 aromatic heterocycles. The fourth-order valence-corrected chi connectivity index (χ4v) is 1.20. The molecular formula is C10H8F3NO3. The van der Waals surface area contributed by atoms with Crippen LogP contribution >= 0.6 is 0 Å². The molecular weight excluding hydrogens is 239 g/mol. The van der Waals surface area contributed by atoms with E-state index < -0.39 is 22.4 Å². The molecule has 1 N–H and O–H groups in total. The lowest BCUT2D eigenvalue weighted by atomic mass is 10.1. The number of benzene rings is 1. The van der Waals surface area contributed by atoms with Crippen LogP contribution < -0.4 is 0 Å². The van der Waals surface area contributed by atoms with Crippen molar-refractivity contribution in [2.24, 2.45) is 0 Å². The molecule has 0 bridgehead atoms. The molecule has 0 spiro atoms. The lowest BCUT2D eigenvalue weighted by Gasteiger charge is -2.07. The number of halogens is 3. The number of aliphatic hydroxyl groups excluding tert-OH is 1. The zero-order chi connectivity index (χ0) is 13.1. The lowest BCUT2D eigenvalue weighted by Crippen LogP contribution is -2.06. The van der Waals surface area contributed by atoms with Crippen molar-refractivity contribution in [3.63, 3.8) is 0 Å². The Bertz CT molecular complexity index is 455. The fourth-order valence-electron chi connectivity index (χ4n) is 1.20. The van der Waals surface area contributed by atoms with E-state index in [9.17, 15) is 23.3 Å². The van der Waals surface area contributed by atoms with Gasteiger partial charge in [-0.2, -0.15) is 13.2 Å². The van der Waals surface area contributed by atoms with E-state index in [0.29, 0.717) is 6.07 Å². The van der Waals surface area contributed by atoms with Crippen molar-refractivity contribution >= 4 is 11.8 Å². The summed E-state index contributed by atoms with van der Waals surface area (Å²) < 4.78 is 37.0. The highest BCUT2D eigenvalue weighted by molar-refractivity contribution is 5.62.